The predicted molar refractivity (Wildman–Crippen MR) is 67.3 cm³/mol. The van der Waals surface area contributed by atoms with Crippen LogP contribution in [0.1, 0.15) is 12.7 Å². The van der Waals surface area contributed by atoms with Crippen LogP contribution in [0, 0.1) is 0 Å². The van der Waals surface area contributed by atoms with Crippen molar-refractivity contribution >= 4 is 32.3 Å². The van der Waals surface area contributed by atoms with Crippen LogP contribution >= 0.6 is 11.6 Å². The van der Waals surface area contributed by atoms with E-state index in [-0.39, 0.29) is 21.6 Å². The van der Waals surface area contributed by atoms with E-state index in [1.54, 1.807) is 0 Å². The summed E-state index contributed by atoms with van der Waals surface area (Å²) in [7, 11) is -3.48. The zero-order chi connectivity index (χ0) is 15.1. The summed E-state index contributed by atoms with van der Waals surface area (Å²) in [6, 6.07) is 3.56. The maximum Gasteiger partial charge on any atom is 0.451 e. The number of fused-ring (bicyclic) bond motifs is 1. The maximum absolute atomic E-state index is 12.5. The lowest BCUT2D eigenvalue weighted by Gasteiger charge is -2.08. The lowest BCUT2D eigenvalue weighted by molar-refractivity contribution is -0.144. The summed E-state index contributed by atoms with van der Waals surface area (Å²) >= 11 is 5.69. The molecule has 0 spiro atoms. The molecule has 1 aromatic heterocycles. The van der Waals surface area contributed by atoms with Crippen molar-refractivity contribution in [3.05, 3.63) is 29.2 Å². The summed E-state index contributed by atoms with van der Waals surface area (Å²) in [5.74, 6) is -1.49. The van der Waals surface area contributed by atoms with Crippen LogP contribution in [0.25, 0.3) is 10.9 Å². The van der Waals surface area contributed by atoms with Gasteiger partial charge in [-0.3, -0.25) is 0 Å². The lowest BCUT2D eigenvalue weighted by atomic mass is 10.2. The Hall–Kier alpha value is -1.41. The second-order valence-corrected chi connectivity index (χ2v) is 6.55. The van der Waals surface area contributed by atoms with Crippen molar-refractivity contribution < 1.29 is 21.6 Å². The molecule has 0 fully saturated rings. The normalized spacial score (nSPS) is 12.8. The van der Waals surface area contributed by atoms with Gasteiger partial charge in [0.15, 0.2) is 9.84 Å². The third-order valence-electron chi connectivity index (χ3n) is 2.61. The van der Waals surface area contributed by atoms with E-state index in [1.165, 1.54) is 25.1 Å². The van der Waals surface area contributed by atoms with Crippen molar-refractivity contribution in [3.8, 4) is 0 Å². The van der Waals surface area contributed by atoms with Gasteiger partial charge in [-0.1, -0.05) is 18.5 Å². The molecule has 4 nitrogen and oxygen atoms in total. The van der Waals surface area contributed by atoms with Crippen molar-refractivity contribution in [1.29, 1.82) is 0 Å². The first-order valence-electron chi connectivity index (χ1n) is 5.42. The number of hydrogen-bond donors (Lipinski definition) is 0. The maximum atomic E-state index is 12.5. The molecular formula is C11H8ClF3N2O2S. The molecule has 20 heavy (non-hydrogen) atoms. The number of hydrogen-bond acceptors (Lipinski definition) is 4. The molecule has 0 aliphatic carbocycles. The summed E-state index contributed by atoms with van der Waals surface area (Å²) < 4.78 is 61.1. The van der Waals surface area contributed by atoms with Gasteiger partial charge in [0.25, 0.3) is 0 Å². The van der Waals surface area contributed by atoms with Gasteiger partial charge in [-0.25, -0.2) is 18.4 Å². The van der Waals surface area contributed by atoms with E-state index in [4.69, 9.17) is 11.6 Å². The van der Waals surface area contributed by atoms with Crippen molar-refractivity contribution in [2.24, 2.45) is 0 Å². The van der Waals surface area contributed by atoms with Crippen LogP contribution in [0.5, 0.6) is 0 Å². The Bertz CT molecular complexity index is 775. The molecule has 2 rings (SSSR count). The number of nitrogens with zero attached hydrogens (tertiary/aromatic N) is 2. The van der Waals surface area contributed by atoms with Gasteiger partial charge in [0, 0.05) is 5.39 Å². The van der Waals surface area contributed by atoms with Gasteiger partial charge in [0.05, 0.1) is 16.2 Å². The molecular weight excluding hydrogens is 317 g/mol. The van der Waals surface area contributed by atoms with Crippen LogP contribution in [-0.2, 0) is 16.0 Å². The third-order valence-corrected chi connectivity index (χ3v) is 4.63. The SMILES string of the molecule is CCS(=O)(=O)c1ccc2nc(C(F)(F)F)nc(Cl)c2c1. The van der Waals surface area contributed by atoms with E-state index >= 15 is 0 Å². The zero-order valence-corrected chi connectivity index (χ0v) is 11.6. The highest BCUT2D eigenvalue weighted by molar-refractivity contribution is 7.91. The Kier molecular flexibility index (Phi) is 3.64. The minimum Gasteiger partial charge on any atom is -0.224 e. The van der Waals surface area contributed by atoms with E-state index in [2.05, 4.69) is 9.97 Å². The average Bonchev–Trinajstić information content (AvgIpc) is 2.37. The standard InChI is InChI=1S/C11H8ClF3N2O2S/c1-2-20(18,19)6-3-4-8-7(5-6)9(12)17-10(16-8)11(13,14)15/h3-5H,2H2,1H3. The minimum absolute atomic E-state index is 0.0299. The molecule has 0 radical (unpaired) electrons. The van der Waals surface area contributed by atoms with Crippen LogP contribution in [0.4, 0.5) is 13.2 Å². The molecule has 0 unspecified atom stereocenters. The Morgan fingerprint density at radius 1 is 1.25 bits per heavy atom. The summed E-state index contributed by atoms with van der Waals surface area (Å²) in [6.07, 6.45) is -4.72. The van der Waals surface area contributed by atoms with Crippen LogP contribution in [0.3, 0.4) is 0 Å². The van der Waals surface area contributed by atoms with Gasteiger partial charge in [-0.15, -0.1) is 0 Å². The number of aromatic nitrogens is 2. The minimum atomic E-state index is -4.72. The van der Waals surface area contributed by atoms with Crippen LogP contribution in [-0.4, -0.2) is 24.1 Å². The predicted octanol–water partition coefficient (Wildman–Crippen LogP) is 3.10. The van der Waals surface area contributed by atoms with E-state index in [0.29, 0.717) is 0 Å². The molecule has 9 heteroatoms. The molecule has 2 aromatic rings. The van der Waals surface area contributed by atoms with Gasteiger partial charge in [0.1, 0.15) is 5.15 Å². The second-order valence-electron chi connectivity index (χ2n) is 3.92. The van der Waals surface area contributed by atoms with Gasteiger partial charge < -0.3 is 0 Å². The Morgan fingerprint density at radius 3 is 2.45 bits per heavy atom. The van der Waals surface area contributed by atoms with Crippen LogP contribution in [0.15, 0.2) is 23.1 Å². The van der Waals surface area contributed by atoms with Gasteiger partial charge >= 0.3 is 6.18 Å². The monoisotopic (exact) mass is 324 g/mol. The molecule has 0 saturated carbocycles. The molecule has 0 atom stereocenters. The number of benzene rings is 1. The first-order valence-corrected chi connectivity index (χ1v) is 7.45. The summed E-state index contributed by atoms with van der Waals surface area (Å²) in [5.41, 5.74) is -0.0626. The van der Waals surface area contributed by atoms with E-state index < -0.39 is 27.0 Å². The zero-order valence-electron chi connectivity index (χ0n) is 10.1. The Morgan fingerprint density at radius 2 is 1.90 bits per heavy atom. The van der Waals surface area contributed by atoms with E-state index in [9.17, 15) is 21.6 Å². The molecule has 0 saturated heterocycles. The molecule has 0 bridgehead atoms. The topological polar surface area (TPSA) is 59.9 Å². The Balaban J connectivity index is 2.70. The van der Waals surface area contributed by atoms with Crippen LogP contribution in [0.2, 0.25) is 5.15 Å². The van der Waals surface area contributed by atoms with Gasteiger partial charge in [-0.2, -0.15) is 13.2 Å². The van der Waals surface area contributed by atoms with E-state index in [1.807, 2.05) is 0 Å². The second kappa shape index (κ2) is 4.85. The third kappa shape index (κ3) is 2.71. The highest BCUT2D eigenvalue weighted by Crippen LogP contribution is 2.31. The average molecular weight is 325 g/mol. The number of halogens is 4. The fourth-order valence-electron chi connectivity index (χ4n) is 1.56. The molecule has 0 N–H and O–H groups in total. The highest BCUT2D eigenvalue weighted by atomic mass is 35.5. The van der Waals surface area contributed by atoms with Crippen molar-refractivity contribution in [3.63, 3.8) is 0 Å². The first-order chi connectivity index (χ1) is 9.15. The largest absolute Gasteiger partial charge is 0.451 e. The summed E-state index contributed by atoms with van der Waals surface area (Å²) in [4.78, 5) is 6.47. The summed E-state index contributed by atoms with van der Waals surface area (Å²) in [5, 5.41) is -0.371. The number of sulfone groups is 1. The molecule has 0 aliphatic rings. The fourth-order valence-corrected chi connectivity index (χ4v) is 2.69. The Labute approximate surface area is 117 Å². The number of rotatable bonds is 2. The molecule has 0 amide bonds. The smallest absolute Gasteiger partial charge is 0.224 e. The molecule has 108 valence electrons. The van der Waals surface area contributed by atoms with Gasteiger partial charge in [0.2, 0.25) is 5.82 Å². The van der Waals surface area contributed by atoms with Gasteiger partial charge in [-0.05, 0) is 18.2 Å². The van der Waals surface area contributed by atoms with Crippen LogP contribution < -0.4 is 0 Å². The quantitative estimate of drug-likeness (QED) is 0.796. The van der Waals surface area contributed by atoms with Crippen molar-refractivity contribution in [1.82, 2.24) is 9.97 Å². The fraction of sp³-hybridized carbons (Fsp3) is 0.273. The highest BCUT2D eigenvalue weighted by Gasteiger charge is 2.35. The molecule has 1 aromatic carbocycles. The van der Waals surface area contributed by atoms with E-state index in [0.717, 1.165) is 0 Å². The number of alkyl halides is 3. The van der Waals surface area contributed by atoms with Crippen molar-refractivity contribution in [2.75, 3.05) is 5.75 Å². The molecule has 0 aliphatic heterocycles. The summed E-state index contributed by atoms with van der Waals surface area (Å²) in [6.45, 7) is 1.46. The molecule has 1 heterocycles. The van der Waals surface area contributed by atoms with Crippen molar-refractivity contribution in [2.45, 2.75) is 18.0 Å². The first kappa shape index (κ1) is 15.0. The lowest BCUT2D eigenvalue weighted by Crippen LogP contribution is -2.11.